The molecule has 4 aromatic rings. The number of sulfonamides is 1. The van der Waals surface area contributed by atoms with Crippen LogP contribution in [-0.2, 0) is 32.6 Å². The van der Waals surface area contributed by atoms with Gasteiger partial charge in [-0.05, 0) is 80.3 Å². The van der Waals surface area contributed by atoms with Crippen LogP contribution in [-0.4, -0.2) is 43.8 Å². The molecule has 0 aromatic heterocycles. The van der Waals surface area contributed by atoms with Crippen LogP contribution < -0.4 is 9.62 Å². The van der Waals surface area contributed by atoms with Crippen molar-refractivity contribution in [2.45, 2.75) is 64.1 Å². The van der Waals surface area contributed by atoms with Gasteiger partial charge in [-0.15, -0.1) is 0 Å². The lowest BCUT2D eigenvalue weighted by Gasteiger charge is -2.34. The molecule has 4 rings (SSSR count). The van der Waals surface area contributed by atoms with E-state index in [2.05, 4.69) is 5.32 Å². The van der Waals surface area contributed by atoms with E-state index in [4.69, 9.17) is 23.2 Å². The van der Waals surface area contributed by atoms with Crippen molar-refractivity contribution in [1.29, 1.82) is 0 Å². The van der Waals surface area contributed by atoms with Gasteiger partial charge in [-0.25, -0.2) is 8.42 Å². The van der Waals surface area contributed by atoms with Crippen molar-refractivity contribution in [1.82, 2.24) is 10.2 Å². The summed E-state index contributed by atoms with van der Waals surface area (Å²) in [6.45, 7) is 7.03. The Balaban J connectivity index is 1.82. The largest absolute Gasteiger partial charge is 0.352 e. The fourth-order valence-electron chi connectivity index (χ4n) is 4.88. The zero-order valence-corrected chi connectivity index (χ0v) is 28.7. The number of nitrogens with one attached hydrogen (secondary N) is 1. The minimum absolute atomic E-state index is 0.0298. The first-order valence-corrected chi connectivity index (χ1v) is 17.3. The van der Waals surface area contributed by atoms with Crippen LogP contribution in [0.5, 0.6) is 0 Å². The number of carbonyl (C=O) groups is 2. The molecule has 0 aliphatic heterocycles. The Hall–Kier alpha value is -3.85. The van der Waals surface area contributed by atoms with Crippen LogP contribution in [0.3, 0.4) is 0 Å². The molecule has 0 aliphatic carbocycles. The van der Waals surface area contributed by atoms with Gasteiger partial charge >= 0.3 is 0 Å². The molecule has 1 N–H and O–H groups in total. The molecule has 0 saturated carbocycles. The van der Waals surface area contributed by atoms with Crippen LogP contribution in [0.2, 0.25) is 10.0 Å². The molecule has 0 aliphatic rings. The number of halogens is 2. The molecule has 0 saturated heterocycles. The number of rotatable bonds is 13. The third-order valence-corrected chi connectivity index (χ3v) is 10.3. The van der Waals surface area contributed by atoms with Crippen molar-refractivity contribution in [3.05, 3.63) is 129 Å². The van der Waals surface area contributed by atoms with Crippen molar-refractivity contribution >= 4 is 50.7 Å². The van der Waals surface area contributed by atoms with Crippen LogP contribution in [0, 0.1) is 13.8 Å². The molecule has 0 spiro atoms. The minimum Gasteiger partial charge on any atom is -0.352 e. The average Bonchev–Trinajstić information content (AvgIpc) is 3.04. The summed E-state index contributed by atoms with van der Waals surface area (Å²) in [5.41, 5.74) is 3.48. The molecular formula is C36H39Cl2N3O4S. The van der Waals surface area contributed by atoms with Crippen LogP contribution in [0.1, 0.15) is 42.5 Å². The first-order chi connectivity index (χ1) is 21.9. The highest BCUT2D eigenvalue weighted by atomic mass is 35.5. The molecule has 2 atom stereocenters. The summed E-state index contributed by atoms with van der Waals surface area (Å²) < 4.78 is 29.4. The van der Waals surface area contributed by atoms with Crippen molar-refractivity contribution in [2.24, 2.45) is 0 Å². The van der Waals surface area contributed by atoms with Crippen molar-refractivity contribution in [3.63, 3.8) is 0 Å². The van der Waals surface area contributed by atoms with E-state index in [1.54, 1.807) is 48.5 Å². The lowest BCUT2D eigenvalue weighted by Crippen LogP contribution is -2.54. The number of hydrogen-bond donors (Lipinski definition) is 1. The van der Waals surface area contributed by atoms with Gasteiger partial charge in [0, 0.05) is 29.1 Å². The highest BCUT2D eigenvalue weighted by molar-refractivity contribution is 7.92. The third kappa shape index (κ3) is 8.90. The molecule has 242 valence electrons. The van der Waals surface area contributed by atoms with E-state index in [1.807, 2.05) is 58.0 Å². The molecule has 0 bridgehead atoms. The van der Waals surface area contributed by atoms with Crippen LogP contribution >= 0.6 is 23.2 Å². The zero-order chi connectivity index (χ0) is 33.4. The molecule has 0 radical (unpaired) electrons. The molecule has 0 fully saturated rings. The summed E-state index contributed by atoms with van der Waals surface area (Å²) in [5.74, 6) is -0.880. The first-order valence-electron chi connectivity index (χ1n) is 15.1. The van der Waals surface area contributed by atoms with Gasteiger partial charge < -0.3 is 10.2 Å². The Labute approximate surface area is 282 Å². The first kappa shape index (κ1) is 35.0. The lowest BCUT2D eigenvalue weighted by atomic mass is 10.0. The Kier molecular flexibility index (Phi) is 11.9. The minimum atomic E-state index is -4.23. The van der Waals surface area contributed by atoms with Gasteiger partial charge in [0.05, 0.1) is 10.6 Å². The van der Waals surface area contributed by atoms with Gasteiger partial charge in [0.2, 0.25) is 11.8 Å². The zero-order valence-electron chi connectivity index (χ0n) is 26.4. The number of hydrogen-bond acceptors (Lipinski definition) is 4. The summed E-state index contributed by atoms with van der Waals surface area (Å²) in [6, 6.07) is 26.7. The number of amides is 2. The van der Waals surface area contributed by atoms with E-state index >= 15 is 0 Å². The predicted octanol–water partition coefficient (Wildman–Crippen LogP) is 7.36. The van der Waals surface area contributed by atoms with E-state index in [1.165, 1.54) is 23.1 Å². The fourth-order valence-corrected chi connectivity index (χ4v) is 6.59. The molecule has 7 nitrogen and oxygen atoms in total. The van der Waals surface area contributed by atoms with E-state index in [0.717, 1.165) is 26.6 Å². The maximum atomic E-state index is 14.6. The average molecular weight is 681 g/mol. The summed E-state index contributed by atoms with van der Waals surface area (Å²) in [5, 5.41) is 3.93. The number of anilines is 1. The van der Waals surface area contributed by atoms with Gasteiger partial charge in [0.15, 0.2) is 0 Å². The monoisotopic (exact) mass is 679 g/mol. The molecule has 4 aromatic carbocycles. The van der Waals surface area contributed by atoms with Gasteiger partial charge in [-0.1, -0.05) is 96.4 Å². The second-order valence-corrected chi connectivity index (χ2v) is 14.1. The Morgan fingerprint density at radius 3 is 2.11 bits per heavy atom. The molecule has 2 amide bonds. The van der Waals surface area contributed by atoms with Gasteiger partial charge in [0.1, 0.15) is 12.6 Å². The summed E-state index contributed by atoms with van der Waals surface area (Å²) in [6.07, 6.45) is 0.926. The summed E-state index contributed by atoms with van der Waals surface area (Å²) in [4.78, 5) is 30.0. The SMILES string of the molecule is CC[C@H](C)NC(=O)[C@H](Cc1ccccc1)N(Cc1ccc(Cl)cc1)C(=O)CN(c1ccc(C)c(Cl)c1)S(=O)(=O)c1ccc(C)cc1. The quantitative estimate of drug-likeness (QED) is 0.160. The molecule has 0 unspecified atom stereocenters. The third-order valence-electron chi connectivity index (χ3n) is 7.87. The number of benzene rings is 4. The molecular weight excluding hydrogens is 641 g/mol. The number of nitrogens with zero attached hydrogens (tertiary/aromatic N) is 2. The van der Waals surface area contributed by atoms with Gasteiger partial charge in [-0.2, -0.15) is 0 Å². The number of carbonyl (C=O) groups excluding carboxylic acids is 2. The van der Waals surface area contributed by atoms with E-state index in [-0.39, 0.29) is 35.5 Å². The highest BCUT2D eigenvalue weighted by Gasteiger charge is 2.35. The van der Waals surface area contributed by atoms with Crippen molar-refractivity contribution in [2.75, 3.05) is 10.8 Å². The maximum absolute atomic E-state index is 14.6. The van der Waals surface area contributed by atoms with Crippen molar-refractivity contribution < 1.29 is 18.0 Å². The second-order valence-electron chi connectivity index (χ2n) is 11.4. The van der Waals surface area contributed by atoms with Crippen LogP contribution in [0.4, 0.5) is 5.69 Å². The fraction of sp³-hybridized carbons (Fsp3) is 0.278. The van der Waals surface area contributed by atoms with Crippen LogP contribution in [0.25, 0.3) is 0 Å². The normalized spacial score (nSPS) is 12.7. The standard InChI is InChI=1S/C36H39Cl2N3O4S/c1-5-27(4)39-36(43)34(21-28-9-7-6-8-10-28)40(23-29-14-16-30(37)17-15-29)35(42)24-41(31-18-13-26(3)33(38)22-31)46(44,45)32-19-11-25(2)12-20-32/h6-20,22,27,34H,5,21,23-24H2,1-4H3,(H,39,43)/t27-,34-/m0/s1. The molecule has 10 heteroatoms. The second kappa shape index (κ2) is 15.6. The summed E-state index contributed by atoms with van der Waals surface area (Å²) in [7, 11) is -4.23. The van der Waals surface area contributed by atoms with Crippen LogP contribution in [0.15, 0.2) is 102 Å². The van der Waals surface area contributed by atoms with Gasteiger partial charge in [0.25, 0.3) is 10.0 Å². The number of aryl methyl sites for hydroxylation is 2. The summed E-state index contributed by atoms with van der Waals surface area (Å²) >= 11 is 12.6. The molecule has 46 heavy (non-hydrogen) atoms. The van der Waals surface area contributed by atoms with E-state index in [0.29, 0.717) is 16.5 Å². The Morgan fingerprint density at radius 2 is 1.50 bits per heavy atom. The maximum Gasteiger partial charge on any atom is 0.264 e. The highest BCUT2D eigenvalue weighted by Crippen LogP contribution is 2.29. The van der Waals surface area contributed by atoms with Gasteiger partial charge in [-0.3, -0.25) is 13.9 Å². The van der Waals surface area contributed by atoms with E-state index < -0.39 is 28.5 Å². The predicted molar refractivity (Wildman–Crippen MR) is 186 cm³/mol. The molecule has 0 heterocycles. The Bertz CT molecular complexity index is 1750. The lowest BCUT2D eigenvalue weighted by molar-refractivity contribution is -0.140. The topological polar surface area (TPSA) is 86.8 Å². The Morgan fingerprint density at radius 1 is 0.848 bits per heavy atom. The van der Waals surface area contributed by atoms with Crippen molar-refractivity contribution in [3.8, 4) is 0 Å². The van der Waals surface area contributed by atoms with E-state index in [9.17, 15) is 18.0 Å². The smallest absolute Gasteiger partial charge is 0.264 e.